The highest BCUT2D eigenvalue weighted by atomic mass is 16.5. The third-order valence-corrected chi connectivity index (χ3v) is 4.10. The summed E-state index contributed by atoms with van der Waals surface area (Å²) in [7, 11) is 0. The van der Waals surface area contributed by atoms with Crippen molar-refractivity contribution >= 4 is 0 Å². The molecule has 1 heterocycles. The van der Waals surface area contributed by atoms with Crippen LogP contribution in [0.25, 0.3) is 0 Å². The largest absolute Gasteiger partial charge is 0.488 e. The summed E-state index contributed by atoms with van der Waals surface area (Å²) >= 11 is 0. The first-order valence-electron chi connectivity index (χ1n) is 7.25. The van der Waals surface area contributed by atoms with E-state index in [0.717, 1.165) is 31.6 Å². The SMILES string of the molecule is CCC(O)(CC)CNCC1Cc2cc(C)ccc2O1. The van der Waals surface area contributed by atoms with Crippen molar-refractivity contribution in [2.45, 2.75) is 51.7 Å². The highest BCUT2D eigenvalue weighted by molar-refractivity contribution is 5.40. The molecule has 0 spiro atoms. The predicted molar refractivity (Wildman–Crippen MR) is 77.7 cm³/mol. The van der Waals surface area contributed by atoms with Crippen LogP contribution in [0.3, 0.4) is 0 Å². The van der Waals surface area contributed by atoms with Crippen molar-refractivity contribution in [3.63, 3.8) is 0 Å². The second-order valence-electron chi connectivity index (χ2n) is 5.62. The molecule has 0 aromatic heterocycles. The Kier molecular flexibility index (Phi) is 4.48. The Bertz CT molecular complexity index is 427. The van der Waals surface area contributed by atoms with Crippen molar-refractivity contribution in [2.24, 2.45) is 0 Å². The zero-order chi connectivity index (χ0) is 13.9. The molecule has 1 aliphatic rings. The van der Waals surface area contributed by atoms with Gasteiger partial charge in [-0.05, 0) is 31.4 Å². The van der Waals surface area contributed by atoms with Crippen molar-refractivity contribution in [1.82, 2.24) is 5.32 Å². The Morgan fingerprint density at radius 1 is 1.37 bits per heavy atom. The van der Waals surface area contributed by atoms with Gasteiger partial charge < -0.3 is 15.2 Å². The van der Waals surface area contributed by atoms with Gasteiger partial charge in [0.15, 0.2) is 0 Å². The van der Waals surface area contributed by atoms with Crippen LogP contribution in [0.4, 0.5) is 0 Å². The molecule has 0 radical (unpaired) electrons. The van der Waals surface area contributed by atoms with Crippen LogP contribution in [0.5, 0.6) is 5.75 Å². The monoisotopic (exact) mass is 263 g/mol. The van der Waals surface area contributed by atoms with Gasteiger partial charge >= 0.3 is 0 Å². The van der Waals surface area contributed by atoms with E-state index in [-0.39, 0.29) is 6.10 Å². The first-order valence-corrected chi connectivity index (χ1v) is 7.25. The molecule has 0 saturated carbocycles. The van der Waals surface area contributed by atoms with Crippen molar-refractivity contribution in [3.8, 4) is 5.75 Å². The Labute approximate surface area is 116 Å². The minimum atomic E-state index is -0.581. The molecule has 1 aromatic carbocycles. The van der Waals surface area contributed by atoms with Gasteiger partial charge in [0, 0.05) is 19.5 Å². The number of aryl methyl sites for hydroxylation is 1. The molecule has 0 saturated heterocycles. The molecule has 0 bridgehead atoms. The van der Waals surface area contributed by atoms with Crippen LogP contribution in [-0.4, -0.2) is 29.9 Å². The molecule has 0 fully saturated rings. The summed E-state index contributed by atoms with van der Waals surface area (Å²) in [5, 5.41) is 13.6. The minimum absolute atomic E-state index is 0.190. The molecule has 0 amide bonds. The van der Waals surface area contributed by atoms with E-state index < -0.39 is 5.60 Å². The maximum atomic E-state index is 10.2. The lowest BCUT2D eigenvalue weighted by atomic mass is 9.97. The molecule has 106 valence electrons. The maximum Gasteiger partial charge on any atom is 0.123 e. The zero-order valence-corrected chi connectivity index (χ0v) is 12.2. The lowest BCUT2D eigenvalue weighted by Crippen LogP contribution is -2.42. The van der Waals surface area contributed by atoms with E-state index in [1.807, 2.05) is 13.8 Å². The predicted octanol–water partition coefficient (Wildman–Crippen LogP) is 2.44. The maximum absolute atomic E-state index is 10.2. The van der Waals surface area contributed by atoms with E-state index >= 15 is 0 Å². The topological polar surface area (TPSA) is 41.5 Å². The first-order chi connectivity index (χ1) is 9.06. The minimum Gasteiger partial charge on any atom is -0.488 e. The number of fused-ring (bicyclic) bond motifs is 1. The Morgan fingerprint density at radius 3 is 2.79 bits per heavy atom. The lowest BCUT2D eigenvalue weighted by molar-refractivity contribution is 0.0306. The van der Waals surface area contributed by atoms with E-state index in [4.69, 9.17) is 4.74 Å². The summed E-state index contributed by atoms with van der Waals surface area (Å²) in [6.45, 7) is 7.57. The molecule has 0 aliphatic carbocycles. The standard InChI is InChI=1S/C16H25NO2/c1-4-16(18,5-2)11-17-10-14-9-13-8-12(3)6-7-15(13)19-14/h6-8,14,17-18H,4-5,9-11H2,1-3H3. The molecule has 1 atom stereocenters. The quantitative estimate of drug-likeness (QED) is 0.828. The van der Waals surface area contributed by atoms with Crippen molar-refractivity contribution in [3.05, 3.63) is 29.3 Å². The Hall–Kier alpha value is -1.06. The Balaban J connectivity index is 1.81. The number of nitrogens with one attached hydrogen (secondary N) is 1. The van der Waals surface area contributed by atoms with Crippen LogP contribution >= 0.6 is 0 Å². The highest BCUT2D eigenvalue weighted by Gasteiger charge is 2.25. The zero-order valence-electron chi connectivity index (χ0n) is 12.2. The van der Waals surface area contributed by atoms with Crippen molar-refractivity contribution < 1.29 is 9.84 Å². The summed E-state index contributed by atoms with van der Waals surface area (Å²) in [5.41, 5.74) is 2.00. The van der Waals surface area contributed by atoms with Gasteiger partial charge in [-0.15, -0.1) is 0 Å². The van der Waals surface area contributed by atoms with Gasteiger partial charge in [-0.25, -0.2) is 0 Å². The Morgan fingerprint density at radius 2 is 2.11 bits per heavy atom. The smallest absolute Gasteiger partial charge is 0.123 e. The highest BCUT2D eigenvalue weighted by Crippen LogP contribution is 2.29. The summed E-state index contributed by atoms with van der Waals surface area (Å²) < 4.78 is 5.90. The molecular weight excluding hydrogens is 238 g/mol. The van der Waals surface area contributed by atoms with Crippen molar-refractivity contribution in [1.29, 1.82) is 0 Å². The van der Waals surface area contributed by atoms with Crippen LogP contribution in [-0.2, 0) is 6.42 Å². The molecule has 3 heteroatoms. The molecular formula is C16H25NO2. The van der Waals surface area contributed by atoms with Crippen LogP contribution in [0, 0.1) is 6.92 Å². The number of hydrogen-bond donors (Lipinski definition) is 2. The van der Waals surface area contributed by atoms with Crippen LogP contribution in [0.15, 0.2) is 18.2 Å². The molecule has 1 aliphatic heterocycles. The normalized spacial score (nSPS) is 18.2. The molecule has 3 nitrogen and oxygen atoms in total. The van der Waals surface area contributed by atoms with E-state index in [9.17, 15) is 5.11 Å². The van der Waals surface area contributed by atoms with E-state index in [0.29, 0.717) is 6.54 Å². The second-order valence-corrected chi connectivity index (χ2v) is 5.62. The van der Waals surface area contributed by atoms with Gasteiger partial charge in [0.1, 0.15) is 11.9 Å². The summed E-state index contributed by atoms with van der Waals surface area (Å²) in [4.78, 5) is 0. The number of aliphatic hydroxyl groups is 1. The van der Waals surface area contributed by atoms with E-state index in [1.54, 1.807) is 0 Å². The number of benzene rings is 1. The van der Waals surface area contributed by atoms with E-state index in [1.165, 1.54) is 11.1 Å². The number of ether oxygens (including phenoxy) is 1. The number of rotatable bonds is 6. The van der Waals surface area contributed by atoms with Crippen LogP contribution < -0.4 is 10.1 Å². The number of hydrogen-bond acceptors (Lipinski definition) is 3. The first kappa shape index (κ1) is 14.4. The fourth-order valence-electron chi connectivity index (χ4n) is 2.53. The van der Waals surface area contributed by atoms with Crippen molar-refractivity contribution in [2.75, 3.05) is 13.1 Å². The molecule has 2 rings (SSSR count). The average molecular weight is 263 g/mol. The summed E-state index contributed by atoms with van der Waals surface area (Å²) in [6.07, 6.45) is 2.71. The summed E-state index contributed by atoms with van der Waals surface area (Å²) in [5.74, 6) is 1.01. The summed E-state index contributed by atoms with van der Waals surface area (Å²) in [6, 6.07) is 6.34. The second kappa shape index (κ2) is 5.93. The van der Waals surface area contributed by atoms with Gasteiger partial charge in [-0.1, -0.05) is 31.5 Å². The van der Waals surface area contributed by atoms with Crippen LogP contribution in [0.2, 0.25) is 0 Å². The molecule has 1 aromatic rings. The van der Waals surface area contributed by atoms with Gasteiger partial charge in [-0.2, -0.15) is 0 Å². The van der Waals surface area contributed by atoms with Crippen LogP contribution in [0.1, 0.15) is 37.8 Å². The van der Waals surface area contributed by atoms with Gasteiger partial charge in [0.25, 0.3) is 0 Å². The molecule has 1 unspecified atom stereocenters. The third-order valence-electron chi connectivity index (χ3n) is 4.10. The third kappa shape index (κ3) is 3.48. The van der Waals surface area contributed by atoms with E-state index in [2.05, 4.69) is 30.4 Å². The fourth-order valence-corrected chi connectivity index (χ4v) is 2.53. The molecule has 19 heavy (non-hydrogen) atoms. The van der Waals surface area contributed by atoms with Gasteiger partial charge in [0.2, 0.25) is 0 Å². The molecule has 2 N–H and O–H groups in total. The fraction of sp³-hybridized carbons (Fsp3) is 0.625. The average Bonchev–Trinajstić information content (AvgIpc) is 2.80. The van der Waals surface area contributed by atoms with Gasteiger partial charge in [-0.3, -0.25) is 0 Å². The van der Waals surface area contributed by atoms with Gasteiger partial charge in [0.05, 0.1) is 5.60 Å². The lowest BCUT2D eigenvalue weighted by Gasteiger charge is -2.26.